The number of hydrogen-bond donors (Lipinski definition) is 1. The van der Waals surface area contributed by atoms with Crippen LogP contribution in [-0.4, -0.2) is 16.5 Å². The van der Waals surface area contributed by atoms with Gasteiger partial charge in [-0.25, -0.2) is 4.98 Å². The van der Waals surface area contributed by atoms with Gasteiger partial charge in [-0.15, -0.1) is 0 Å². The maximum atomic E-state index is 11.6. The zero-order valence-corrected chi connectivity index (χ0v) is 13.8. The predicted molar refractivity (Wildman–Crippen MR) is 90.2 cm³/mol. The van der Waals surface area contributed by atoms with Crippen LogP contribution in [0.3, 0.4) is 0 Å². The van der Waals surface area contributed by atoms with Crippen molar-refractivity contribution in [1.29, 1.82) is 0 Å². The number of nitrogens with zero attached hydrogens (tertiary/aromatic N) is 2. The summed E-state index contributed by atoms with van der Waals surface area (Å²) >= 11 is 0. The van der Waals surface area contributed by atoms with Crippen LogP contribution < -0.4 is 10.1 Å². The van der Waals surface area contributed by atoms with Crippen LogP contribution in [0.1, 0.15) is 25.1 Å². The van der Waals surface area contributed by atoms with Gasteiger partial charge in [-0.2, -0.15) is 0 Å². The number of nitro groups is 1. The Bertz CT molecular complexity index is 700. The number of nitrogens with one attached hydrogen (secondary N) is 1. The van der Waals surface area contributed by atoms with Crippen LogP contribution in [0.25, 0.3) is 0 Å². The molecule has 0 aliphatic carbocycles. The number of rotatable bonds is 6. The molecule has 0 aliphatic heterocycles. The molecule has 0 bridgehead atoms. The van der Waals surface area contributed by atoms with Gasteiger partial charge in [0.1, 0.15) is 11.4 Å². The van der Waals surface area contributed by atoms with E-state index in [2.05, 4.69) is 10.3 Å². The molecule has 0 saturated heterocycles. The fourth-order valence-corrected chi connectivity index (χ4v) is 2.12. The summed E-state index contributed by atoms with van der Waals surface area (Å²) < 4.78 is 5.66. The van der Waals surface area contributed by atoms with Crippen molar-refractivity contribution in [3.63, 3.8) is 0 Å². The Morgan fingerprint density at radius 1 is 1.26 bits per heavy atom. The fraction of sp³-hybridized carbons (Fsp3) is 0.353. The summed E-state index contributed by atoms with van der Waals surface area (Å²) in [7, 11) is 0. The molecule has 0 unspecified atom stereocenters. The van der Waals surface area contributed by atoms with Crippen LogP contribution in [-0.2, 0) is 0 Å². The Hall–Kier alpha value is -2.63. The summed E-state index contributed by atoms with van der Waals surface area (Å²) in [5.41, 5.74) is 1.81. The van der Waals surface area contributed by atoms with Crippen molar-refractivity contribution in [3.05, 3.63) is 51.7 Å². The lowest BCUT2D eigenvalue weighted by Gasteiger charge is -2.15. The van der Waals surface area contributed by atoms with Crippen molar-refractivity contribution >= 4 is 11.4 Å². The van der Waals surface area contributed by atoms with Gasteiger partial charge in [-0.3, -0.25) is 10.1 Å². The Morgan fingerprint density at radius 2 is 1.91 bits per heavy atom. The minimum absolute atomic E-state index is 0.00977. The quantitative estimate of drug-likeness (QED) is 0.628. The van der Waals surface area contributed by atoms with E-state index >= 15 is 0 Å². The first-order valence-corrected chi connectivity index (χ1v) is 7.52. The molecule has 1 aromatic carbocycles. The van der Waals surface area contributed by atoms with E-state index in [-0.39, 0.29) is 11.6 Å². The number of ether oxygens (including phenoxy) is 1. The SMILES string of the molecule is Cc1nc(Oc2ccccc2)c([N+](=O)[O-])c(NCC(C)C)c1C. The van der Waals surface area contributed by atoms with Crippen LogP contribution in [0.15, 0.2) is 30.3 Å². The molecule has 6 heteroatoms. The Labute approximate surface area is 135 Å². The van der Waals surface area contributed by atoms with E-state index in [0.29, 0.717) is 29.6 Å². The number of benzene rings is 1. The molecule has 0 saturated carbocycles. The standard InChI is InChI=1S/C17H21N3O3/c1-11(2)10-18-15-12(3)13(4)19-17(16(15)20(21)22)23-14-8-6-5-7-9-14/h5-9,11H,10H2,1-4H3,(H,18,19). The summed E-state index contributed by atoms with van der Waals surface area (Å²) in [6.07, 6.45) is 0. The maximum absolute atomic E-state index is 11.6. The van der Waals surface area contributed by atoms with Crippen molar-refractivity contribution in [3.8, 4) is 11.6 Å². The normalized spacial score (nSPS) is 10.7. The molecule has 0 amide bonds. The maximum Gasteiger partial charge on any atom is 0.354 e. The van der Waals surface area contributed by atoms with Gasteiger partial charge < -0.3 is 10.1 Å². The zero-order chi connectivity index (χ0) is 17.0. The second-order valence-corrected chi connectivity index (χ2v) is 5.80. The van der Waals surface area contributed by atoms with Crippen molar-refractivity contribution in [2.45, 2.75) is 27.7 Å². The van der Waals surface area contributed by atoms with Crippen molar-refractivity contribution in [1.82, 2.24) is 4.98 Å². The highest BCUT2D eigenvalue weighted by Gasteiger charge is 2.27. The highest BCUT2D eigenvalue weighted by molar-refractivity contribution is 5.71. The van der Waals surface area contributed by atoms with Crippen LogP contribution >= 0.6 is 0 Å². The Morgan fingerprint density at radius 3 is 2.48 bits per heavy atom. The smallest absolute Gasteiger partial charge is 0.354 e. The van der Waals surface area contributed by atoms with Gasteiger partial charge in [0.2, 0.25) is 0 Å². The minimum Gasteiger partial charge on any atom is -0.434 e. The molecule has 122 valence electrons. The summed E-state index contributed by atoms with van der Waals surface area (Å²) in [5.74, 6) is 0.887. The fourth-order valence-electron chi connectivity index (χ4n) is 2.12. The van der Waals surface area contributed by atoms with E-state index in [1.807, 2.05) is 33.8 Å². The molecule has 6 nitrogen and oxygen atoms in total. The molecule has 0 atom stereocenters. The predicted octanol–water partition coefficient (Wildman–Crippen LogP) is 4.47. The summed E-state index contributed by atoms with van der Waals surface area (Å²) in [4.78, 5) is 15.4. The lowest BCUT2D eigenvalue weighted by Crippen LogP contribution is -2.12. The van der Waals surface area contributed by atoms with Crippen molar-refractivity contribution < 1.29 is 9.66 Å². The van der Waals surface area contributed by atoms with E-state index in [0.717, 1.165) is 5.56 Å². The van der Waals surface area contributed by atoms with Gasteiger partial charge in [0, 0.05) is 17.8 Å². The number of para-hydroxylation sites is 1. The molecule has 1 N–H and O–H groups in total. The molecule has 0 fully saturated rings. The zero-order valence-electron chi connectivity index (χ0n) is 13.8. The third-order valence-electron chi connectivity index (χ3n) is 3.45. The molecular weight excluding hydrogens is 294 g/mol. The number of anilines is 1. The van der Waals surface area contributed by atoms with Gasteiger partial charge >= 0.3 is 11.6 Å². The van der Waals surface area contributed by atoms with Crippen molar-refractivity contribution in [2.75, 3.05) is 11.9 Å². The average Bonchev–Trinajstić information content (AvgIpc) is 2.49. The summed E-state index contributed by atoms with van der Waals surface area (Å²) in [6, 6.07) is 8.94. The van der Waals surface area contributed by atoms with Crippen LogP contribution in [0.4, 0.5) is 11.4 Å². The van der Waals surface area contributed by atoms with Gasteiger partial charge in [-0.1, -0.05) is 32.0 Å². The molecule has 0 aliphatic rings. The highest BCUT2D eigenvalue weighted by Crippen LogP contribution is 2.39. The Balaban J connectivity index is 2.50. The van der Waals surface area contributed by atoms with E-state index in [4.69, 9.17) is 4.74 Å². The third-order valence-corrected chi connectivity index (χ3v) is 3.45. The van der Waals surface area contributed by atoms with Gasteiger partial charge in [0.25, 0.3) is 0 Å². The number of pyridine rings is 1. The first kappa shape index (κ1) is 16.7. The molecule has 0 radical (unpaired) electrons. The van der Waals surface area contributed by atoms with E-state index in [1.165, 1.54) is 0 Å². The molecule has 2 aromatic rings. The topological polar surface area (TPSA) is 77.3 Å². The van der Waals surface area contributed by atoms with Gasteiger partial charge in [-0.05, 0) is 31.9 Å². The lowest BCUT2D eigenvalue weighted by atomic mass is 10.1. The Kier molecular flexibility index (Phi) is 5.16. The van der Waals surface area contributed by atoms with Crippen LogP contribution in [0.2, 0.25) is 0 Å². The molecule has 1 aromatic heterocycles. The average molecular weight is 315 g/mol. The number of hydrogen-bond acceptors (Lipinski definition) is 5. The van der Waals surface area contributed by atoms with Gasteiger partial charge in [0.15, 0.2) is 0 Å². The molecule has 0 spiro atoms. The lowest BCUT2D eigenvalue weighted by molar-refractivity contribution is -0.385. The summed E-state index contributed by atoms with van der Waals surface area (Å²) in [5, 5.41) is 14.8. The van der Waals surface area contributed by atoms with Gasteiger partial charge in [0.05, 0.1) is 4.92 Å². The first-order chi connectivity index (χ1) is 10.9. The number of aryl methyl sites for hydroxylation is 1. The first-order valence-electron chi connectivity index (χ1n) is 7.52. The van der Waals surface area contributed by atoms with E-state index in [9.17, 15) is 10.1 Å². The van der Waals surface area contributed by atoms with E-state index < -0.39 is 4.92 Å². The second kappa shape index (κ2) is 7.09. The monoisotopic (exact) mass is 315 g/mol. The highest BCUT2D eigenvalue weighted by atomic mass is 16.6. The van der Waals surface area contributed by atoms with Crippen molar-refractivity contribution in [2.24, 2.45) is 5.92 Å². The molecule has 2 rings (SSSR count). The van der Waals surface area contributed by atoms with E-state index in [1.54, 1.807) is 24.3 Å². The van der Waals surface area contributed by atoms with Crippen LogP contribution in [0, 0.1) is 29.9 Å². The summed E-state index contributed by atoms with van der Waals surface area (Å²) in [6.45, 7) is 8.37. The largest absolute Gasteiger partial charge is 0.434 e. The minimum atomic E-state index is -0.444. The second-order valence-electron chi connectivity index (χ2n) is 5.80. The molecule has 1 heterocycles. The number of aromatic nitrogens is 1. The molecule has 23 heavy (non-hydrogen) atoms. The third kappa shape index (κ3) is 3.97. The van der Waals surface area contributed by atoms with Crippen LogP contribution in [0.5, 0.6) is 11.6 Å². The molecular formula is C17H21N3O3.